The van der Waals surface area contributed by atoms with Crippen molar-refractivity contribution in [3.8, 4) is 0 Å². The molecule has 0 aliphatic carbocycles. The Balaban J connectivity index is 5.07. The minimum absolute atomic E-state index is 0.0782. The first-order valence-electron chi connectivity index (χ1n) is 18.8. The van der Waals surface area contributed by atoms with E-state index in [1.165, 1.54) is 9.80 Å². The molecule has 0 bridgehead atoms. The molecular weight excluding hydrogens is 692 g/mol. The summed E-state index contributed by atoms with van der Waals surface area (Å²) in [5.41, 5.74) is -0.344. The van der Waals surface area contributed by atoms with E-state index in [9.17, 15) is 28.8 Å². The summed E-state index contributed by atoms with van der Waals surface area (Å²) < 4.78 is 0. The van der Waals surface area contributed by atoms with E-state index >= 15 is 0 Å². The molecule has 3 atom stereocenters. The van der Waals surface area contributed by atoms with Gasteiger partial charge >= 0.3 is 0 Å². The van der Waals surface area contributed by atoms with Crippen molar-refractivity contribution in [3.63, 3.8) is 0 Å². The summed E-state index contributed by atoms with van der Waals surface area (Å²) in [6, 6.07) is -0.965. The number of likely N-dealkylation sites (N-methyl/N-ethyl adjacent to an activating group) is 8. The first-order chi connectivity index (χ1) is 24.7. The van der Waals surface area contributed by atoms with Crippen LogP contribution in [0.4, 0.5) is 0 Å². The van der Waals surface area contributed by atoms with Crippen molar-refractivity contribution in [1.82, 2.24) is 49.0 Å². The molecule has 6 amide bonds. The highest BCUT2D eigenvalue weighted by atomic mass is 16.2. The zero-order valence-electron chi connectivity index (χ0n) is 36.9. The molecule has 0 aliphatic heterocycles. The van der Waals surface area contributed by atoms with Crippen molar-refractivity contribution < 1.29 is 28.8 Å². The number of hydrogen-bond donors (Lipinski definition) is 0. The van der Waals surface area contributed by atoms with Gasteiger partial charge in [0.05, 0.1) is 19.4 Å². The Kier molecular flexibility index (Phi) is 22.1. The lowest BCUT2D eigenvalue weighted by molar-refractivity contribution is -0.142. The van der Waals surface area contributed by atoms with Crippen LogP contribution in [0.2, 0.25) is 0 Å². The van der Waals surface area contributed by atoms with Gasteiger partial charge in [0.2, 0.25) is 35.4 Å². The van der Waals surface area contributed by atoms with Crippen molar-refractivity contribution in [2.75, 3.05) is 132 Å². The summed E-state index contributed by atoms with van der Waals surface area (Å²) >= 11 is 0. The van der Waals surface area contributed by atoms with E-state index in [2.05, 4.69) is 0 Å². The SMILES string of the molecule is CN(C)CC(C(=O)N(C)CN(C)C(=O)CCCC(=O)N(C)CC(N(C)C(=O)CCCC(=O)N(C)CN(C)C(=O)C(CN(C)C)N(C)C)C(C)(C)C)N(C)C. The van der Waals surface area contributed by atoms with Crippen LogP contribution >= 0.6 is 0 Å². The summed E-state index contributed by atoms with van der Waals surface area (Å²) in [5.74, 6) is -0.705. The van der Waals surface area contributed by atoms with Gasteiger partial charge in [0.15, 0.2) is 0 Å². The zero-order chi connectivity index (χ0) is 42.2. The Morgan fingerprint density at radius 2 is 0.741 bits per heavy atom. The van der Waals surface area contributed by atoms with Gasteiger partial charge in [0.25, 0.3) is 0 Å². The van der Waals surface area contributed by atoms with E-state index in [4.69, 9.17) is 0 Å². The largest absolute Gasteiger partial charge is 0.344 e. The lowest BCUT2D eigenvalue weighted by Gasteiger charge is -2.40. The molecule has 0 rings (SSSR count). The number of rotatable bonds is 23. The Hall–Kier alpha value is -3.34. The normalized spacial score (nSPS) is 13.5. The van der Waals surface area contributed by atoms with Crippen LogP contribution in [0.5, 0.6) is 0 Å². The highest BCUT2D eigenvalue weighted by Crippen LogP contribution is 2.25. The van der Waals surface area contributed by atoms with Crippen LogP contribution in [-0.4, -0.2) is 234 Å². The maximum absolute atomic E-state index is 13.3. The third-order valence-electron chi connectivity index (χ3n) is 9.64. The van der Waals surface area contributed by atoms with Gasteiger partial charge in [0.1, 0.15) is 12.1 Å². The highest BCUT2D eigenvalue weighted by molar-refractivity contribution is 5.84. The average Bonchev–Trinajstić information content (AvgIpc) is 3.05. The van der Waals surface area contributed by atoms with Gasteiger partial charge in [-0.2, -0.15) is 0 Å². The minimum atomic E-state index is -0.344. The van der Waals surface area contributed by atoms with Crippen molar-refractivity contribution in [2.24, 2.45) is 5.41 Å². The van der Waals surface area contributed by atoms with E-state index < -0.39 is 0 Å². The van der Waals surface area contributed by atoms with Gasteiger partial charge in [-0.15, -0.1) is 0 Å². The number of carbonyl (C=O) groups excluding carboxylic acids is 6. The third-order valence-corrected chi connectivity index (χ3v) is 9.64. The summed E-state index contributed by atoms with van der Waals surface area (Å²) in [7, 11) is 25.2. The van der Waals surface area contributed by atoms with Crippen LogP contribution in [0.1, 0.15) is 59.3 Å². The topological polar surface area (TPSA) is 135 Å². The predicted octanol–water partition coefficient (Wildman–Crippen LogP) is 0.391. The van der Waals surface area contributed by atoms with Crippen LogP contribution in [0.25, 0.3) is 0 Å². The summed E-state index contributed by atoms with van der Waals surface area (Å²) in [4.78, 5) is 95.4. The quantitative estimate of drug-likeness (QED) is 0.135. The summed E-state index contributed by atoms with van der Waals surface area (Å²) in [6.07, 6.45) is 1.39. The Morgan fingerprint density at radius 1 is 0.426 bits per heavy atom. The van der Waals surface area contributed by atoms with Crippen LogP contribution in [-0.2, 0) is 28.8 Å². The number of amides is 6. The molecule has 0 aromatic heterocycles. The Labute approximate surface area is 327 Å². The molecule has 0 radical (unpaired) electrons. The van der Waals surface area contributed by atoms with E-state index in [0.717, 1.165) is 0 Å². The van der Waals surface area contributed by atoms with Crippen LogP contribution < -0.4 is 0 Å². The van der Waals surface area contributed by atoms with Crippen LogP contribution in [0.3, 0.4) is 0 Å². The van der Waals surface area contributed by atoms with Crippen LogP contribution in [0.15, 0.2) is 0 Å². The molecule has 0 saturated carbocycles. The fourth-order valence-corrected chi connectivity index (χ4v) is 6.10. The molecule has 3 unspecified atom stereocenters. The zero-order valence-corrected chi connectivity index (χ0v) is 36.9. The molecule has 0 N–H and O–H groups in total. The minimum Gasteiger partial charge on any atom is -0.344 e. The van der Waals surface area contributed by atoms with Crippen molar-refractivity contribution >= 4 is 35.4 Å². The van der Waals surface area contributed by atoms with Crippen LogP contribution in [0, 0.1) is 5.41 Å². The number of carbonyl (C=O) groups is 6. The molecule has 16 heteroatoms. The maximum atomic E-state index is 13.3. The maximum Gasteiger partial charge on any atom is 0.242 e. The van der Waals surface area contributed by atoms with Gasteiger partial charge < -0.3 is 39.2 Å². The molecule has 0 heterocycles. The van der Waals surface area contributed by atoms with E-state index in [1.807, 2.05) is 96.8 Å². The monoisotopic (exact) mass is 769 g/mol. The fraction of sp³-hybridized carbons (Fsp3) is 0.842. The average molecular weight is 769 g/mol. The molecule has 314 valence electrons. The standard InChI is InChI=1S/C38H76N10O6/c1-38(2,3)31(48(17)35(52)23-19-22-34(51)45(14)28-47(16)37(54)30(42(10)11)25-40(6)7)26-43(12)32(49)20-18-21-33(50)44(13)27-46(15)36(53)29(41(8)9)24-39(4)5/h29-31H,18-28H2,1-17H3. The van der Waals surface area contributed by atoms with E-state index in [0.29, 0.717) is 32.5 Å². The molecule has 0 saturated heterocycles. The first-order valence-corrected chi connectivity index (χ1v) is 18.8. The highest BCUT2D eigenvalue weighted by Gasteiger charge is 2.33. The van der Waals surface area contributed by atoms with Crippen molar-refractivity contribution in [3.05, 3.63) is 0 Å². The molecule has 54 heavy (non-hydrogen) atoms. The summed E-state index contributed by atoms with van der Waals surface area (Å²) in [6.45, 7) is 7.78. The summed E-state index contributed by atoms with van der Waals surface area (Å²) in [5, 5.41) is 0. The number of nitrogens with zero attached hydrogens (tertiary/aromatic N) is 10. The second kappa shape index (κ2) is 23.6. The van der Waals surface area contributed by atoms with E-state index in [1.54, 1.807) is 61.9 Å². The first kappa shape index (κ1) is 50.7. The predicted molar refractivity (Wildman–Crippen MR) is 214 cm³/mol. The molecular formula is C38H76N10O6. The van der Waals surface area contributed by atoms with Crippen molar-refractivity contribution in [2.45, 2.75) is 77.4 Å². The van der Waals surface area contributed by atoms with E-state index in [-0.39, 0.29) is 98.0 Å². The second-order valence-corrected chi connectivity index (χ2v) is 16.9. The molecule has 16 nitrogen and oxygen atoms in total. The number of hydrogen-bond acceptors (Lipinski definition) is 10. The molecule has 0 aromatic rings. The molecule has 0 aliphatic rings. The Morgan fingerprint density at radius 3 is 1.04 bits per heavy atom. The molecule has 0 spiro atoms. The van der Waals surface area contributed by atoms with Gasteiger partial charge in [-0.3, -0.25) is 38.6 Å². The second-order valence-electron chi connectivity index (χ2n) is 16.9. The smallest absolute Gasteiger partial charge is 0.242 e. The fourth-order valence-electron chi connectivity index (χ4n) is 6.10. The van der Waals surface area contributed by atoms with Gasteiger partial charge in [-0.25, -0.2) is 0 Å². The van der Waals surface area contributed by atoms with Gasteiger partial charge in [-0.05, 0) is 74.6 Å². The van der Waals surface area contributed by atoms with Gasteiger partial charge in [-0.1, -0.05) is 20.8 Å². The lowest BCUT2D eigenvalue weighted by Crippen LogP contribution is -2.52. The third kappa shape index (κ3) is 17.9. The lowest BCUT2D eigenvalue weighted by atomic mass is 9.85. The van der Waals surface area contributed by atoms with Gasteiger partial charge in [0, 0.05) is 87.6 Å². The molecule has 0 aromatic carbocycles. The Bertz CT molecular complexity index is 1220. The molecule has 0 fully saturated rings. The van der Waals surface area contributed by atoms with Crippen molar-refractivity contribution in [1.29, 1.82) is 0 Å².